The summed E-state index contributed by atoms with van der Waals surface area (Å²) < 4.78 is 12.3. The number of phenolic OH excluding ortho intramolecular Hbond substituents is 4. The van der Waals surface area contributed by atoms with Crippen molar-refractivity contribution in [1.82, 2.24) is 0 Å². The molecule has 0 aromatic heterocycles. The van der Waals surface area contributed by atoms with Crippen molar-refractivity contribution in [3.63, 3.8) is 0 Å². The minimum atomic E-state index is -0.390. The van der Waals surface area contributed by atoms with E-state index in [1.165, 1.54) is 36.4 Å². The third kappa shape index (κ3) is 6.53. The van der Waals surface area contributed by atoms with Gasteiger partial charge in [0.05, 0.1) is 6.61 Å². The topological polar surface area (TPSA) is 134 Å². The normalized spacial score (nSPS) is 37.4. The number of aromatic hydroxyl groups is 4. The van der Waals surface area contributed by atoms with Crippen molar-refractivity contribution >= 4 is 24.1 Å². The van der Waals surface area contributed by atoms with Crippen LogP contribution in [0.3, 0.4) is 0 Å². The maximum atomic E-state index is 13.2. The van der Waals surface area contributed by atoms with Crippen molar-refractivity contribution < 1.29 is 39.5 Å². The molecule has 0 heterocycles. The molecule has 0 radical (unpaired) electrons. The van der Waals surface area contributed by atoms with Gasteiger partial charge in [-0.25, -0.2) is 9.59 Å². The van der Waals surface area contributed by atoms with Crippen LogP contribution < -0.4 is 0 Å². The van der Waals surface area contributed by atoms with Gasteiger partial charge < -0.3 is 29.9 Å². The molecule has 0 aliphatic heterocycles. The quantitative estimate of drug-likeness (QED) is 0.0947. The van der Waals surface area contributed by atoms with Gasteiger partial charge in [0.25, 0.3) is 0 Å². The van der Waals surface area contributed by atoms with Gasteiger partial charge in [0.15, 0.2) is 23.0 Å². The zero-order valence-corrected chi connectivity index (χ0v) is 34.3. The molecule has 2 unspecified atom stereocenters. The number of allylic oxidation sites excluding steroid dienone is 2. The summed E-state index contributed by atoms with van der Waals surface area (Å²) >= 11 is 0. The van der Waals surface area contributed by atoms with Crippen LogP contribution in [0.1, 0.15) is 117 Å². The van der Waals surface area contributed by atoms with Crippen molar-refractivity contribution in [3.05, 3.63) is 71.3 Å². The van der Waals surface area contributed by atoms with Crippen molar-refractivity contribution in [2.45, 2.75) is 112 Å². The van der Waals surface area contributed by atoms with Gasteiger partial charge in [-0.05, 0) is 151 Å². The summed E-state index contributed by atoms with van der Waals surface area (Å²) in [7, 11) is 0. The number of phenols is 4. The highest BCUT2D eigenvalue weighted by molar-refractivity contribution is 5.88. The third-order valence-electron chi connectivity index (χ3n) is 16.7. The van der Waals surface area contributed by atoms with Gasteiger partial charge in [-0.3, -0.25) is 0 Å². The molecule has 10 atom stereocenters. The lowest BCUT2D eigenvalue weighted by molar-refractivity contribution is -0.213. The summed E-state index contributed by atoms with van der Waals surface area (Å²) in [4.78, 5) is 26.3. The summed E-state index contributed by atoms with van der Waals surface area (Å²) in [6.07, 6.45) is 17.8. The van der Waals surface area contributed by atoms with E-state index in [0.29, 0.717) is 47.3 Å². The van der Waals surface area contributed by atoms with Crippen LogP contribution in [0.4, 0.5) is 0 Å². The lowest BCUT2D eigenvalue weighted by Crippen LogP contribution is -2.65. The van der Waals surface area contributed by atoms with E-state index in [1.807, 2.05) is 0 Å². The van der Waals surface area contributed by atoms with Gasteiger partial charge in [0.1, 0.15) is 6.10 Å². The van der Waals surface area contributed by atoms with Crippen LogP contribution in [0.25, 0.3) is 12.2 Å². The number of esters is 2. The van der Waals surface area contributed by atoms with E-state index in [9.17, 15) is 30.0 Å². The van der Waals surface area contributed by atoms with Gasteiger partial charge in [0.2, 0.25) is 0 Å². The Hall–Kier alpha value is -4.20. The van der Waals surface area contributed by atoms with E-state index in [2.05, 4.69) is 54.5 Å². The zero-order valence-electron chi connectivity index (χ0n) is 34.3. The number of hydrogen-bond acceptors (Lipinski definition) is 8. The number of carbonyl (C=O) groups is 2. The van der Waals surface area contributed by atoms with Crippen molar-refractivity contribution in [2.24, 2.45) is 56.7 Å². The maximum absolute atomic E-state index is 13.2. The Bertz CT molecular complexity index is 1960. The number of fused-ring (bicyclic) bond motifs is 7. The molecule has 302 valence electrons. The lowest BCUT2D eigenvalue weighted by atomic mass is 9.33. The zero-order chi connectivity index (χ0) is 40.4. The number of benzene rings is 2. The van der Waals surface area contributed by atoms with E-state index < -0.39 is 11.9 Å². The van der Waals surface area contributed by atoms with Crippen LogP contribution in [0.15, 0.2) is 60.2 Å². The van der Waals surface area contributed by atoms with Crippen LogP contribution in [0, 0.1) is 56.7 Å². The minimum absolute atomic E-state index is 0.0229. The van der Waals surface area contributed by atoms with Gasteiger partial charge in [-0.15, -0.1) is 0 Å². The predicted molar refractivity (Wildman–Crippen MR) is 217 cm³/mol. The molecule has 5 aliphatic carbocycles. The van der Waals surface area contributed by atoms with Crippen LogP contribution in [0.2, 0.25) is 0 Å². The fraction of sp³-hybridized carbons (Fsp3) is 0.583. The molecule has 4 N–H and O–H groups in total. The third-order valence-corrected chi connectivity index (χ3v) is 16.7. The molecule has 2 aromatic carbocycles. The van der Waals surface area contributed by atoms with E-state index in [1.54, 1.807) is 29.9 Å². The Kier molecular flexibility index (Phi) is 10.2. The fourth-order valence-corrected chi connectivity index (χ4v) is 13.1. The Morgan fingerprint density at radius 1 is 0.732 bits per heavy atom. The summed E-state index contributed by atoms with van der Waals surface area (Å²) in [5.41, 5.74) is 2.71. The molecular formula is C48H62O8. The summed E-state index contributed by atoms with van der Waals surface area (Å²) in [6.45, 7) is 17.5. The lowest BCUT2D eigenvalue weighted by Gasteiger charge is -2.71. The first-order chi connectivity index (χ1) is 26.3. The van der Waals surface area contributed by atoms with Gasteiger partial charge in [0, 0.05) is 23.0 Å². The van der Waals surface area contributed by atoms with Gasteiger partial charge >= 0.3 is 11.9 Å². The minimum Gasteiger partial charge on any atom is -0.504 e. The second-order valence-electron chi connectivity index (χ2n) is 19.6. The molecule has 4 saturated carbocycles. The molecule has 8 nitrogen and oxygen atoms in total. The Balaban J connectivity index is 1.10. The number of rotatable bonds is 7. The Morgan fingerprint density at radius 2 is 1.36 bits per heavy atom. The number of hydrogen-bond donors (Lipinski definition) is 4. The molecule has 7 rings (SSSR count). The van der Waals surface area contributed by atoms with Crippen LogP contribution >= 0.6 is 0 Å². The molecule has 56 heavy (non-hydrogen) atoms. The maximum Gasteiger partial charge on any atom is 0.331 e. The Labute approximate surface area is 332 Å². The molecule has 0 saturated heterocycles. The average Bonchev–Trinajstić information content (AvgIpc) is 3.15. The Morgan fingerprint density at radius 3 is 1.98 bits per heavy atom. The molecule has 0 spiro atoms. The van der Waals surface area contributed by atoms with Crippen LogP contribution in [-0.2, 0) is 19.1 Å². The highest BCUT2D eigenvalue weighted by atomic mass is 16.5. The van der Waals surface area contributed by atoms with E-state index in [4.69, 9.17) is 9.47 Å². The van der Waals surface area contributed by atoms with Gasteiger partial charge in [-0.2, -0.15) is 0 Å². The molecule has 0 amide bonds. The first-order valence-corrected chi connectivity index (χ1v) is 20.8. The standard InChI is InChI=1S/C48H62O8/c1-29-18-23-48(28-55-41(53)16-10-31-8-13-34(49)36(51)26-31)25-24-46(6)33(43(48)30(29)2)12-15-39-45(5)21-20-40(44(3,4)38(45)19-22-47(39,46)7)56-42(54)17-11-32-9-14-35(50)37(52)27-32/h8-14,16-17,26-27,29-30,38-40,43,49-52H,15,18-25,28H2,1-7H3/b16-10+,17-11+/t29-,30+,38?,39?,40+,43+,45+,46-,47-,48-/m1/s1. The first-order valence-electron chi connectivity index (χ1n) is 20.8. The van der Waals surface area contributed by atoms with Crippen LogP contribution in [-0.4, -0.2) is 45.1 Å². The van der Waals surface area contributed by atoms with E-state index in [0.717, 1.165) is 57.8 Å². The van der Waals surface area contributed by atoms with E-state index in [-0.39, 0.29) is 56.2 Å². The largest absolute Gasteiger partial charge is 0.504 e. The SMILES string of the molecule is C[C@H]1[C@H](C)CC[C@]2(COC(=O)/C=C/c3ccc(O)c(O)c3)CC[C@]3(C)C(=CCC4[C@@]5(C)CC[C@H](OC(=O)/C=C/c6ccc(O)c(O)c6)C(C)(C)C5CC[C@]43C)[C@H]12. The smallest absolute Gasteiger partial charge is 0.331 e. The van der Waals surface area contributed by atoms with Crippen molar-refractivity contribution in [1.29, 1.82) is 0 Å². The molecule has 5 aliphatic rings. The summed E-state index contributed by atoms with van der Waals surface area (Å²) in [5, 5.41) is 39.0. The van der Waals surface area contributed by atoms with Crippen LogP contribution in [0.5, 0.6) is 23.0 Å². The monoisotopic (exact) mass is 766 g/mol. The van der Waals surface area contributed by atoms with Gasteiger partial charge in [-0.1, -0.05) is 72.2 Å². The highest BCUT2D eigenvalue weighted by Crippen LogP contribution is 2.76. The first kappa shape index (κ1) is 40.0. The molecule has 4 fully saturated rings. The number of carbonyl (C=O) groups excluding carboxylic acids is 2. The molecule has 8 heteroatoms. The summed E-state index contributed by atoms with van der Waals surface area (Å²) in [6, 6.07) is 8.94. The van der Waals surface area contributed by atoms with Crippen molar-refractivity contribution in [3.8, 4) is 23.0 Å². The summed E-state index contributed by atoms with van der Waals surface area (Å²) in [5.74, 6) is 0.632. The molecular weight excluding hydrogens is 705 g/mol. The fourth-order valence-electron chi connectivity index (χ4n) is 13.1. The van der Waals surface area contributed by atoms with Crippen molar-refractivity contribution in [2.75, 3.05) is 6.61 Å². The second kappa shape index (κ2) is 14.3. The number of ether oxygens (including phenoxy) is 2. The second-order valence-corrected chi connectivity index (χ2v) is 19.6. The highest BCUT2D eigenvalue weighted by Gasteiger charge is 2.69. The van der Waals surface area contributed by atoms with E-state index >= 15 is 0 Å². The average molecular weight is 767 g/mol. The molecule has 2 aromatic rings. The molecule has 0 bridgehead atoms. The predicted octanol–water partition coefficient (Wildman–Crippen LogP) is 10.3.